The summed E-state index contributed by atoms with van der Waals surface area (Å²) >= 11 is 0. The SMILES string of the molecule is CCCCC/C(C#N)=C\CC(C)(C)C(C)C(=O)O. The van der Waals surface area contributed by atoms with Crippen LogP contribution in [0.3, 0.4) is 0 Å². The molecule has 102 valence electrons. The quantitative estimate of drug-likeness (QED) is 0.520. The lowest BCUT2D eigenvalue weighted by atomic mass is 9.77. The molecule has 1 unspecified atom stereocenters. The molecule has 0 aliphatic carbocycles. The molecule has 3 heteroatoms. The molecule has 0 radical (unpaired) electrons. The van der Waals surface area contributed by atoms with Gasteiger partial charge in [-0.1, -0.05) is 46.6 Å². The van der Waals surface area contributed by atoms with Crippen LogP contribution in [-0.2, 0) is 4.79 Å². The Labute approximate surface area is 111 Å². The van der Waals surface area contributed by atoms with Crippen LogP contribution in [-0.4, -0.2) is 11.1 Å². The Bertz CT molecular complexity index is 337. The van der Waals surface area contributed by atoms with E-state index in [1.807, 2.05) is 19.9 Å². The number of allylic oxidation sites excluding steroid dienone is 2. The minimum absolute atomic E-state index is 0.321. The summed E-state index contributed by atoms with van der Waals surface area (Å²) in [5.74, 6) is -1.19. The Morgan fingerprint density at radius 3 is 2.50 bits per heavy atom. The molecule has 1 N–H and O–H groups in total. The molecular weight excluding hydrogens is 226 g/mol. The van der Waals surface area contributed by atoms with Crippen LogP contribution in [0.4, 0.5) is 0 Å². The molecule has 0 spiro atoms. The van der Waals surface area contributed by atoms with E-state index in [0.29, 0.717) is 6.42 Å². The lowest BCUT2D eigenvalue weighted by Crippen LogP contribution is -2.28. The van der Waals surface area contributed by atoms with Crippen molar-refractivity contribution < 1.29 is 9.90 Å². The molecule has 18 heavy (non-hydrogen) atoms. The first-order valence-corrected chi connectivity index (χ1v) is 6.67. The highest BCUT2D eigenvalue weighted by molar-refractivity contribution is 5.70. The summed E-state index contributed by atoms with van der Waals surface area (Å²) in [6.07, 6.45) is 6.66. The summed E-state index contributed by atoms with van der Waals surface area (Å²) < 4.78 is 0. The van der Waals surface area contributed by atoms with Gasteiger partial charge in [0.15, 0.2) is 0 Å². The molecule has 0 aromatic rings. The van der Waals surface area contributed by atoms with Gasteiger partial charge in [-0.15, -0.1) is 0 Å². The maximum absolute atomic E-state index is 11.0. The van der Waals surface area contributed by atoms with Crippen molar-refractivity contribution in [1.29, 1.82) is 5.26 Å². The van der Waals surface area contributed by atoms with E-state index in [1.54, 1.807) is 6.92 Å². The maximum Gasteiger partial charge on any atom is 0.306 e. The predicted molar refractivity (Wildman–Crippen MR) is 73.0 cm³/mol. The van der Waals surface area contributed by atoms with Gasteiger partial charge < -0.3 is 5.11 Å². The largest absolute Gasteiger partial charge is 0.481 e. The summed E-state index contributed by atoms with van der Waals surface area (Å²) in [5, 5.41) is 18.1. The molecule has 0 bridgehead atoms. The molecule has 0 fully saturated rings. The third-order valence-electron chi connectivity index (χ3n) is 3.61. The minimum atomic E-state index is -0.780. The zero-order valence-corrected chi connectivity index (χ0v) is 12.0. The highest BCUT2D eigenvalue weighted by Crippen LogP contribution is 2.31. The standard InChI is InChI=1S/C15H25NO2/c1-5-6-7-8-13(11-16)9-10-15(3,4)12(2)14(17)18/h9,12H,5-8,10H2,1-4H3,(H,17,18)/b13-9+. The number of nitriles is 1. The van der Waals surface area contributed by atoms with Crippen LogP contribution in [0.1, 0.15) is 59.8 Å². The van der Waals surface area contributed by atoms with Crippen LogP contribution in [0.2, 0.25) is 0 Å². The zero-order valence-electron chi connectivity index (χ0n) is 12.0. The fraction of sp³-hybridized carbons (Fsp3) is 0.733. The Morgan fingerprint density at radius 2 is 2.06 bits per heavy atom. The maximum atomic E-state index is 11.0. The lowest BCUT2D eigenvalue weighted by molar-refractivity contribution is -0.144. The molecule has 0 aliphatic rings. The molecule has 0 heterocycles. The summed E-state index contributed by atoms with van der Waals surface area (Å²) in [5.41, 5.74) is 0.465. The van der Waals surface area contributed by atoms with Gasteiger partial charge in [-0.2, -0.15) is 5.26 Å². The van der Waals surface area contributed by atoms with Crippen molar-refractivity contribution >= 4 is 5.97 Å². The Balaban J connectivity index is 4.48. The highest BCUT2D eigenvalue weighted by atomic mass is 16.4. The minimum Gasteiger partial charge on any atom is -0.481 e. The second-order valence-corrected chi connectivity index (χ2v) is 5.55. The van der Waals surface area contributed by atoms with Crippen molar-refractivity contribution in [2.24, 2.45) is 11.3 Å². The third-order valence-corrected chi connectivity index (χ3v) is 3.61. The van der Waals surface area contributed by atoms with Crippen LogP contribution in [0.5, 0.6) is 0 Å². The molecule has 1 atom stereocenters. The van der Waals surface area contributed by atoms with E-state index in [0.717, 1.165) is 31.3 Å². The van der Waals surface area contributed by atoms with Crippen molar-refractivity contribution in [3.05, 3.63) is 11.6 Å². The first-order valence-electron chi connectivity index (χ1n) is 6.67. The van der Waals surface area contributed by atoms with Crippen LogP contribution in [0, 0.1) is 22.7 Å². The summed E-state index contributed by atoms with van der Waals surface area (Å²) in [6.45, 7) is 7.72. The summed E-state index contributed by atoms with van der Waals surface area (Å²) in [6, 6.07) is 2.22. The van der Waals surface area contributed by atoms with E-state index in [9.17, 15) is 4.79 Å². The molecule has 0 rings (SSSR count). The normalized spacial score (nSPS) is 14.1. The fourth-order valence-corrected chi connectivity index (χ4v) is 1.67. The molecule has 0 amide bonds. The number of carboxylic acids is 1. The van der Waals surface area contributed by atoms with E-state index in [2.05, 4.69) is 13.0 Å². The summed E-state index contributed by atoms with van der Waals surface area (Å²) in [4.78, 5) is 11.0. The first-order chi connectivity index (χ1) is 8.35. The van der Waals surface area contributed by atoms with Crippen molar-refractivity contribution in [2.45, 2.75) is 59.8 Å². The molecule has 0 saturated heterocycles. The number of carbonyl (C=O) groups is 1. The number of aliphatic carboxylic acids is 1. The van der Waals surface area contributed by atoms with E-state index >= 15 is 0 Å². The van der Waals surface area contributed by atoms with Gasteiger partial charge in [0, 0.05) is 5.57 Å². The second-order valence-electron chi connectivity index (χ2n) is 5.55. The van der Waals surface area contributed by atoms with E-state index in [4.69, 9.17) is 10.4 Å². The van der Waals surface area contributed by atoms with Crippen LogP contribution in [0.25, 0.3) is 0 Å². The topological polar surface area (TPSA) is 61.1 Å². The Morgan fingerprint density at radius 1 is 1.44 bits per heavy atom. The number of hydrogen-bond donors (Lipinski definition) is 1. The second kappa shape index (κ2) is 7.92. The fourth-order valence-electron chi connectivity index (χ4n) is 1.67. The summed E-state index contributed by atoms with van der Waals surface area (Å²) in [7, 11) is 0. The number of unbranched alkanes of at least 4 members (excludes halogenated alkanes) is 2. The number of carboxylic acid groups (broad SMARTS) is 1. The lowest BCUT2D eigenvalue weighted by Gasteiger charge is -2.27. The smallest absolute Gasteiger partial charge is 0.306 e. The molecule has 0 saturated carbocycles. The molecule has 0 aliphatic heterocycles. The van der Waals surface area contributed by atoms with Gasteiger partial charge in [-0.05, 0) is 24.7 Å². The van der Waals surface area contributed by atoms with Crippen molar-refractivity contribution in [1.82, 2.24) is 0 Å². The van der Waals surface area contributed by atoms with E-state index in [1.165, 1.54) is 0 Å². The van der Waals surface area contributed by atoms with Gasteiger partial charge in [0.1, 0.15) is 0 Å². The average Bonchev–Trinajstić information content (AvgIpc) is 2.32. The molecule has 0 aromatic carbocycles. The number of nitrogens with zero attached hydrogens (tertiary/aromatic N) is 1. The van der Waals surface area contributed by atoms with Crippen molar-refractivity contribution in [3.8, 4) is 6.07 Å². The van der Waals surface area contributed by atoms with Gasteiger partial charge in [-0.3, -0.25) is 4.79 Å². The number of hydrogen-bond acceptors (Lipinski definition) is 2. The van der Waals surface area contributed by atoms with Crippen molar-refractivity contribution in [2.75, 3.05) is 0 Å². The van der Waals surface area contributed by atoms with Gasteiger partial charge in [0.2, 0.25) is 0 Å². The van der Waals surface area contributed by atoms with E-state index < -0.39 is 11.9 Å². The molecule has 0 aromatic heterocycles. The van der Waals surface area contributed by atoms with Crippen LogP contribution >= 0.6 is 0 Å². The highest BCUT2D eigenvalue weighted by Gasteiger charge is 2.30. The van der Waals surface area contributed by atoms with Crippen molar-refractivity contribution in [3.63, 3.8) is 0 Å². The van der Waals surface area contributed by atoms with Gasteiger partial charge >= 0.3 is 5.97 Å². The molecule has 3 nitrogen and oxygen atoms in total. The Kier molecular flexibility index (Phi) is 7.35. The first kappa shape index (κ1) is 16.7. The van der Waals surface area contributed by atoms with Crippen LogP contribution in [0.15, 0.2) is 11.6 Å². The van der Waals surface area contributed by atoms with Gasteiger partial charge in [-0.25, -0.2) is 0 Å². The third kappa shape index (κ3) is 5.86. The Hall–Kier alpha value is -1.30. The van der Waals surface area contributed by atoms with Gasteiger partial charge in [0.05, 0.1) is 12.0 Å². The predicted octanol–water partition coefficient (Wildman–Crippen LogP) is 4.15. The average molecular weight is 251 g/mol. The molecular formula is C15H25NO2. The zero-order chi connectivity index (χ0) is 14.2. The van der Waals surface area contributed by atoms with Crippen LogP contribution < -0.4 is 0 Å². The van der Waals surface area contributed by atoms with Gasteiger partial charge in [0.25, 0.3) is 0 Å². The van der Waals surface area contributed by atoms with E-state index in [-0.39, 0.29) is 5.41 Å². The monoisotopic (exact) mass is 251 g/mol. The number of rotatable bonds is 8.